The highest BCUT2D eigenvalue weighted by Gasteiger charge is 2.41. The van der Waals surface area contributed by atoms with E-state index < -0.39 is 0 Å². The van der Waals surface area contributed by atoms with Crippen molar-refractivity contribution < 1.29 is 19.1 Å². The average Bonchev–Trinajstić information content (AvgIpc) is 2.99. The number of carbonyl (C=O) groups is 2. The number of hydrogen-bond donors (Lipinski definition) is 1. The fourth-order valence-corrected chi connectivity index (χ4v) is 3.58. The van der Waals surface area contributed by atoms with E-state index in [1.165, 1.54) is 5.56 Å². The Labute approximate surface area is 154 Å². The van der Waals surface area contributed by atoms with Crippen molar-refractivity contribution in [2.24, 2.45) is 5.92 Å². The molecule has 2 aliphatic rings. The van der Waals surface area contributed by atoms with Crippen LogP contribution in [0.1, 0.15) is 12.0 Å². The molecule has 2 heterocycles. The van der Waals surface area contributed by atoms with Gasteiger partial charge < -0.3 is 19.7 Å². The van der Waals surface area contributed by atoms with Crippen LogP contribution in [-0.2, 0) is 20.9 Å². The summed E-state index contributed by atoms with van der Waals surface area (Å²) in [6, 6.07) is 8.25. The third-order valence-corrected chi connectivity index (χ3v) is 5.05. The first kappa shape index (κ1) is 18.7. The Morgan fingerprint density at radius 1 is 1.27 bits per heavy atom. The number of rotatable bonds is 8. The number of benzene rings is 1. The highest BCUT2D eigenvalue weighted by atomic mass is 16.5. The number of amides is 2. The third-order valence-electron chi connectivity index (χ3n) is 5.05. The van der Waals surface area contributed by atoms with Crippen LogP contribution in [0, 0.1) is 5.92 Å². The Morgan fingerprint density at radius 3 is 2.81 bits per heavy atom. The first-order valence-electron chi connectivity index (χ1n) is 9.02. The van der Waals surface area contributed by atoms with Crippen LogP contribution in [0.4, 0.5) is 0 Å². The van der Waals surface area contributed by atoms with E-state index in [2.05, 4.69) is 16.3 Å². The summed E-state index contributed by atoms with van der Waals surface area (Å²) in [6.45, 7) is 4.03. The Kier molecular flexibility index (Phi) is 6.11. The molecule has 2 saturated heterocycles. The van der Waals surface area contributed by atoms with Crippen molar-refractivity contribution in [3.05, 3.63) is 29.8 Å². The topological polar surface area (TPSA) is 71.1 Å². The zero-order valence-corrected chi connectivity index (χ0v) is 15.4. The number of nitrogens with zero attached hydrogens (tertiary/aromatic N) is 2. The van der Waals surface area contributed by atoms with Crippen molar-refractivity contribution >= 4 is 11.8 Å². The number of carbonyl (C=O) groups excluding carboxylic acids is 2. The second-order valence-electron chi connectivity index (χ2n) is 6.93. The SMILES string of the molecule is COCCNC(=O)C1CC(=O)N(C2CN(Cc3cccc(OC)c3)C2)C1. The molecule has 1 unspecified atom stereocenters. The highest BCUT2D eigenvalue weighted by Crippen LogP contribution is 2.26. The zero-order valence-electron chi connectivity index (χ0n) is 15.4. The third kappa shape index (κ3) is 4.34. The van der Waals surface area contributed by atoms with Gasteiger partial charge in [-0.2, -0.15) is 0 Å². The molecular formula is C19H27N3O4. The average molecular weight is 361 g/mol. The molecule has 7 nitrogen and oxygen atoms in total. The summed E-state index contributed by atoms with van der Waals surface area (Å²) in [5, 5.41) is 2.83. The summed E-state index contributed by atoms with van der Waals surface area (Å²) in [7, 11) is 3.26. The predicted molar refractivity (Wildman–Crippen MR) is 96.8 cm³/mol. The Bertz CT molecular complexity index is 645. The van der Waals surface area contributed by atoms with E-state index >= 15 is 0 Å². The normalized spacial score (nSPS) is 20.9. The number of likely N-dealkylation sites (tertiary alicyclic amines) is 2. The van der Waals surface area contributed by atoms with E-state index in [1.54, 1.807) is 14.2 Å². The van der Waals surface area contributed by atoms with Gasteiger partial charge in [-0.25, -0.2) is 0 Å². The molecule has 0 aromatic heterocycles. The maximum absolute atomic E-state index is 12.3. The maximum atomic E-state index is 12.3. The summed E-state index contributed by atoms with van der Waals surface area (Å²) in [6.07, 6.45) is 0.311. The number of nitrogens with one attached hydrogen (secondary N) is 1. The molecule has 1 aromatic carbocycles. The van der Waals surface area contributed by atoms with E-state index in [0.717, 1.165) is 25.4 Å². The van der Waals surface area contributed by atoms with Crippen LogP contribution >= 0.6 is 0 Å². The lowest BCUT2D eigenvalue weighted by Gasteiger charge is -2.44. The quantitative estimate of drug-likeness (QED) is 0.683. The number of ether oxygens (including phenoxy) is 2. The van der Waals surface area contributed by atoms with E-state index in [9.17, 15) is 9.59 Å². The summed E-state index contributed by atoms with van der Waals surface area (Å²) in [5.41, 5.74) is 1.20. The lowest BCUT2D eigenvalue weighted by Crippen LogP contribution is -2.59. The van der Waals surface area contributed by atoms with E-state index in [-0.39, 0.29) is 23.8 Å². The number of hydrogen-bond acceptors (Lipinski definition) is 5. The lowest BCUT2D eigenvalue weighted by atomic mass is 10.1. The molecule has 26 heavy (non-hydrogen) atoms. The van der Waals surface area contributed by atoms with Gasteiger partial charge in [0.25, 0.3) is 0 Å². The molecule has 0 aliphatic carbocycles. The smallest absolute Gasteiger partial charge is 0.225 e. The van der Waals surface area contributed by atoms with Gasteiger partial charge in [0.15, 0.2) is 0 Å². The summed E-state index contributed by atoms with van der Waals surface area (Å²) in [4.78, 5) is 28.6. The van der Waals surface area contributed by atoms with Gasteiger partial charge in [0.2, 0.25) is 11.8 Å². The molecule has 3 rings (SSSR count). The van der Waals surface area contributed by atoms with Crippen molar-refractivity contribution in [3.8, 4) is 5.75 Å². The molecule has 0 spiro atoms. The van der Waals surface area contributed by atoms with Gasteiger partial charge in [-0.15, -0.1) is 0 Å². The maximum Gasteiger partial charge on any atom is 0.225 e. The minimum absolute atomic E-state index is 0.0505. The van der Waals surface area contributed by atoms with Crippen LogP contribution in [-0.4, -0.2) is 74.7 Å². The monoisotopic (exact) mass is 361 g/mol. The Morgan fingerprint density at radius 2 is 2.08 bits per heavy atom. The van der Waals surface area contributed by atoms with Gasteiger partial charge >= 0.3 is 0 Å². The van der Waals surface area contributed by atoms with E-state index in [0.29, 0.717) is 26.1 Å². The van der Waals surface area contributed by atoms with E-state index in [4.69, 9.17) is 9.47 Å². The Hall–Kier alpha value is -2.12. The molecule has 1 aromatic rings. The second-order valence-corrected chi connectivity index (χ2v) is 6.93. The van der Waals surface area contributed by atoms with Crippen molar-refractivity contribution in [2.45, 2.75) is 19.0 Å². The van der Waals surface area contributed by atoms with Crippen LogP contribution in [0.2, 0.25) is 0 Å². The molecule has 0 saturated carbocycles. The minimum Gasteiger partial charge on any atom is -0.497 e. The van der Waals surface area contributed by atoms with Crippen LogP contribution in [0.15, 0.2) is 24.3 Å². The standard InChI is InChI=1S/C19H27N3O4/c1-25-7-6-20-19(24)15-9-18(23)22(11-15)16-12-21(13-16)10-14-4-3-5-17(8-14)26-2/h3-5,8,15-16H,6-7,9-13H2,1-2H3,(H,20,24). The van der Waals surface area contributed by atoms with E-state index in [1.807, 2.05) is 23.1 Å². The molecule has 2 amide bonds. The first-order chi connectivity index (χ1) is 12.6. The van der Waals surface area contributed by atoms with Gasteiger partial charge in [-0.1, -0.05) is 12.1 Å². The van der Waals surface area contributed by atoms with Crippen molar-refractivity contribution in [1.29, 1.82) is 0 Å². The highest BCUT2D eigenvalue weighted by molar-refractivity contribution is 5.89. The molecular weight excluding hydrogens is 334 g/mol. The first-order valence-corrected chi connectivity index (χ1v) is 9.02. The largest absolute Gasteiger partial charge is 0.497 e. The second kappa shape index (κ2) is 8.51. The lowest BCUT2D eigenvalue weighted by molar-refractivity contribution is -0.133. The van der Waals surface area contributed by atoms with Gasteiger partial charge in [0, 0.05) is 46.3 Å². The van der Waals surface area contributed by atoms with Crippen molar-refractivity contribution in [2.75, 3.05) is 47.0 Å². The molecule has 0 bridgehead atoms. The molecule has 142 valence electrons. The number of methoxy groups -OCH3 is 2. The van der Waals surface area contributed by atoms with Crippen LogP contribution in [0.25, 0.3) is 0 Å². The van der Waals surface area contributed by atoms with Gasteiger partial charge in [0.05, 0.1) is 25.7 Å². The zero-order chi connectivity index (χ0) is 18.5. The van der Waals surface area contributed by atoms with Crippen LogP contribution < -0.4 is 10.1 Å². The Balaban J connectivity index is 1.45. The molecule has 1 N–H and O–H groups in total. The summed E-state index contributed by atoms with van der Waals surface area (Å²) in [5.74, 6) is 0.650. The molecule has 7 heteroatoms. The van der Waals surface area contributed by atoms with Crippen LogP contribution in [0.5, 0.6) is 5.75 Å². The fourth-order valence-electron chi connectivity index (χ4n) is 3.58. The van der Waals surface area contributed by atoms with Gasteiger partial charge in [-0.05, 0) is 17.7 Å². The van der Waals surface area contributed by atoms with Crippen molar-refractivity contribution in [3.63, 3.8) is 0 Å². The fraction of sp³-hybridized carbons (Fsp3) is 0.579. The molecule has 1 atom stereocenters. The van der Waals surface area contributed by atoms with Crippen LogP contribution in [0.3, 0.4) is 0 Å². The summed E-state index contributed by atoms with van der Waals surface area (Å²) < 4.78 is 10.2. The molecule has 2 aliphatic heterocycles. The summed E-state index contributed by atoms with van der Waals surface area (Å²) >= 11 is 0. The predicted octanol–water partition coefficient (Wildman–Crippen LogP) is 0.491. The molecule has 2 fully saturated rings. The van der Waals surface area contributed by atoms with Gasteiger partial charge in [0.1, 0.15) is 5.75 Å². The van der Waals surface area contributed by atoms with Gasteiger partial charge in [-0.3, -0.25) is 14.5 Å². The van der Waals surface area contributed by atoms with Crippen molar-refractivity contribution in [1.82, 2.24) is 15.1 Å². The molecule has 0 radical (unpaired) electrons. The minimum atomic E-state index is -0.244.